The van der Waals surface area contributed by atoms with Crippen molar-refractivity contribution < 1.29 is 14.3 Å². The van der Waals surface area contributed by atoms with Crippen LogP contribution in [0.15, 0.2) is 59.3 Å². The Bertz CT molecular complexity index is 1330. The number of para-hydroxylation sites is 1. The van der Waals surface area contributed by atoms with Crippen LogP contribution >= 0.6 is 15.9 Å². The highest BCUT2D eigenvalue weighted by Gasteiger charge is 2.37. The van der Waals surface area contributed by atoms with Crippen molar-refractivity contribution in [3.05, 3.63) is 70.5 Å². The van der Waals surface area contributed by atoms with Gasteiger partial charge in [-0.25, -0.2) is 9.59 Å². The number of halogens is 1. The normalized spacial score (nSPS) is 14.5. The van der Waals surface area contributed by atoms with E-state index in [-0.39, 0.29) is 0 Å². The Labute approximate surface area is 168 Å². The van der Waals surface area contributed by atoms with Crippen LogP contribution < -0.4 is 0 Å². The molecule has 5 rings (SSSR count). The number of hydrogen-bond donors (Lipinski definition) is 1. The van der Waals surface area contributed by atoms with E-state index in [9.17, 15) is 9.59 Å². The Morgan fingerprint density at radius 1 is 1.00 bits per heavy atom. The third kappa shape index (κ3) is 2.38. The highest BCUT2D eigenvalue weighted by molar-refractivity contribution is 9.10. The number of benzene rings is 2. The molecule has 6 heteroatoms. The summed E-state index contributed by atoms with van der Waals surface area (Å²) in [6.07, 6.45) is 3.68. The smallest absolute Gasteiger partial charge is 0.347 e. The molecule has 0 radical (unpaired) electrons. The molecule has 0 fully saturated rings. The van der Waals surface area contributed by atoms with Gasteiger partial charge in [-0.2, -0.15) is 0 Å². The summed E-state index contributed by atoms with van der Waals surface area (Å²) in [6.45, 7) is 2.80. The molecule has 0 aliphatic carbocycles. The van der Waals surface area contributed by atoms with Gasteiger partial charge < -0.3 is 14.3 Å². The Hall–Kier alpha value is -3.12. The number of cyclic esters (lactones) is 2. The molecule has 0 saturated heterocycles. The van der Waals surface area contributed by atoms with Gasteiger partial charge in [0.2, 0.25) is 0 Å². The number of rotatable bonds is 3. The van der Waals surface area contributed by atoms with E-state index in [0.717, 1.165) is 38.4 Å². The van der Waals surface area contributed by atoms with Crippen LogP contribution in [0.25, 0.3) is 33.0 Å². The van der Waals surface area contributed by atoms with Crippen LogP contribution in [-0.2, 0) is 20.9 Å². The summed E-state index contributed by atoms with van der Waals surface area (Å²) < 4.78 is 8.04. The number of carbonyl (C=O) groups is 2. The minimum atomic E-state index is -0.614. The third-order valence-electron chi connectivity index (χ3n) is 5.16. The van der Waals surface area contributed by atoms with Crippen LogP contribution in [0.4, 0.5) is 0 Å². The molecule has 0 saturated carbocycles. The summed E-state index contributed by atoms with van der Waals surface area (Å²) in [5, 5.41) is 1.78. The van der Waals surface area contributed by atoms with Crippen molar-refractivity contribution in [3.8, 4) is 0 Å². The summed E-state index contributed by atoms with van der Waals surface area (Å²) in [5.41, 5.74) is 3.90. The standard InChI is InChI=1S/C22H15BrN2O3/c1-2-25-11-16(14-5-3-4-6-18(14)25)20-19(21(26)28-22(20)27)15-10-24-17-9-12(23)7-8-13(15)17/h3-11,24H,2H2,1H3. The third-order valence-corrected chi connectivity index (χ3v) is 5.65. The van der Waals surface area contributed by atoms with Gasteiger partial charge in [-0.3, -0.25) is 0 Å². The minimum absolute atomic E-state index is 0.303. The highest BCUT2D eigenvalue weighted by Crippen LogP contribution is 2.40. The molecule has 1 aliphatic rings. The van der Waals surface area contributed by atoms with Crippen molar-refractivity contribution in [3.63, 3.8) is 0 Å². The molecular weight excluding hydrogens is 420 g/mol. The second-order valence-electron chi connectivity index (χ2n) is 6.67. The number of nitrogens with zero attached hydrogens (tertiary/aromatic N) is 1. The fourth-order valence-corrected chi connectivity index (χ4v) is 4.25. The van der Waals surface area contributed by atoms with Crippen LogP contribution in [0.2, 0.25) is 0 Å². The van der Waals surface area contributed by atoms with Gasteiger partial charge in [0.25, 0.3) is 0 Å². The van der Waals surface area contributed by atoms with E-state index in [1.807, 2.05) is 55.6 Å². The maximum absolute atomic E-state index is 12.7. The maximum atomic E-state index is 12.7. The summed E-state index contributed by atoms with van der Waals surface area (Å²) in [5.74, 6) is -1.22. The second-order valence-corrected chi connectivity index (χ2v) is 7.58. The lowest BCUT2D eigenvalue weighted by molar-refractivity contribution is -0.149. The Kier molecular flexibility index (Phi) is 3.77. The van der Waals surface area contributed by atoms with Gasteiger partial charge in [0.1, 0.15) is 0 Å². The first-order valence-corrected chi connectivity index (χ1v) is 9.74. The lowest BCUT2D eigenvalue weighted by Gasteiger charge is -2.01. The zero-order valence-corrected chi connectivity index (χ0v) is 16.5. The Morgan fingerprint density at radius 2 is 1.75 bits per heavy atom. The predicted octanol–water partition coefficient (Wildman–Crippen LogP) is 4.90. The number of fused-ring (bicyclic) bond motifs is 2. The quantitative estimate of drug-likeness (QED) is 0.368. The van der Waals surface area contributed by atoms with Crippen molar-refractivity contribution in [2.24, 2.45) is 0 Å². The van der Waals surface area contributed by atoms with Gasteiger partial charge in [0.15, 0.2) is 0 Å². The zero-order valence-electron chi connectivity index (χ0n) is 15.0. The summed E-state index contributed by atoms with van der Waals surface area (Å²) in [6, 6.07) is 13.6. The monoisotopic (exact) mass is 434 g/mol. The molecule has 4 aromatic rings. The van der Waals surface area contributed by atoms with Gasteiger partial charge >= 0.3 is 11.9 Å². The van der Waals surface area contributed by atoms with E-state index in [2.05, 4.69) is 25.5 Å². The summed E-state index contributed by atoms with van der Waals surface area (Å²) in [4.78, 5) is 28.5. The van der Waals surface area contributed by atoms with Gasteiger partial charge in [0.05, 0.1) is 11.1 Å². The molecule has 2 aromatic heterocycles. The van der Waals surface area contributed by atoms with E-state index in [1.54, 1.807) is 6.20 Å². The van der Waals surface area contributed by atoms with Crippen molar-refractivity contribution in [2.75, 3.05) is 0 Å². The number of H-pyrrole nitrogens is 1. The van der Waals surface area contributed by atoms with Crippen molar-refractivity contribution in [2.45, 2.75) is 13.5 Å². The van der Waals surface area contributed by atoms with E-state index in [1.165, 1.54) is 0 Å². The Balaban J connectivity index is 1.84. The van der Waals surface area contributed by atoms with Gasteiger partial charge in [-0.05, 0) is 25.1 Å². The molecule has 3 heterocycles. The SMILES string of the molecule is CCn1cc(C2=C(c3c[nH]c4cc(Br)ccc34)C(=O)OC2=O)c2ccccc21. The van der Waals surface area contributed by atoms with Crippen LogP contribution in [0.5, 0.6) is 0 Å². The predicted molar refractivity (Wildman–Crippen MR) is 112 cm³/mol. The summed E-state index contributed by atoms with van der Waals surface area (Å²) >= 11 is 3.45. The van der Waals surface area contributed by atoms with Gasteiger partial charge in [0, 0.05) is 56.3 Å². The lowest BCUT2D eigenvalue weighted by Crippen LogP contribution is -2.01. The number of nitrogens with one attached hydrogen (secondary N) is 1. The maximum Gasteiger partial charge on any atom is 0.347 e. The van der Waals surface area contributed by atoms with E-state index >= 15 is 0 Å². The second kappa shape index (κ2) is 6.21. The summed E-state index contributed by atoms with van der Waals surface area (Å²) in [7, 11) is 0. The number of aryl methyl sites for hydroxylation is 1. The molecule has 0 spiro atoms. The number of hydrogen-bond acceptors (Lipinski definition) is 3. The first kappa shape index (κ1) is 17.0. The molecule has 28 heavy (non-hydrogen) atoms. The van der Waals surface area contributed by atoms with E-state index in [4.69, 9.17) is 4.74 Å². The first-order valence-electron chi connectivity index (χ1n) is 8.94. The first-order chi connectivity index (χ1) is 13.6. The fraction of sp³-hybridized carbons (Fsp3) is 0.0909. The molecule has 0 amide bonds. The van der Waals surface area contributed by atoms with Crippen LogP contribution in [-0.4, -0.2) is 21.5 Å². The average molecular weight is 435 g/mol. The Morgan fingerprint density at radius 3 is 2.54 bits per heavy atom. The molecule has 0 atom stereocenters. The van der Waals surface area contributed by atoms with Crippen molar-refractivity contribution in [1.82, 2.24) is 9.55 Å². The highest BCUT2D eigenvalue weighted by atomic mass is 79.9. The molecular formula is C22H15BrN2O3. The van der Waals surface area contributed by atoms with Crippen molar-refractivity contribution in [1.29, 1.82) is 0 Å². The van der Waals surface area contributed by atoms with Crippen molar-refractivity contribution >= 4 is 60.8 Å². The number of carbonyl (C=O) groups excluding carboxylic acids is 2. The molecule has 0 unspecified atom stereocenters. The average Bonchev–Trinajstić information content (AvgIpc) is 3.34. The van der Waals surface area contributed by atoms with Crippen LogP contribution in [0, 0.1) is 0 Å². The topological polar surface area (TPSA) is 64.1 Å². The lowest BCUT2D eigenvalue weighted by atomic mass is 9.95. The largest absolute Gasteiger partial charge is 0.386 e. The van der Waals surface area contributed by atoms with Gasteiger partial charge in [-0.15, -0.1) is 0 Å². The molecule has 1 aliphatic heterocycles. The molecule has 138 valence electrons. The number of aromatic nitrogens is 2. The number of aromatic amines is 1. The molecule has 1 N–H and O–H groups in total. The van der Waals surface area contributed by atoms with Gasteiger partial charge in [-0.1, -0.05) is 40.2 Å². The fourth-order valence-electron chi connectivity index (χ4n) is 3.89. The van der Waals surface area contributed by atoms with E-state index < -0.39 is 11.9 Å². The number of ether oxygens (including phenoxy) is 1. The van der Waals surface area contributed by atoms with Crippen LogP contribution in [0.1, 0.15) is 18.1 Å². The zero-order chi connectivity index (χ0) is 19.4. The molecule has 5 nitrogen and oxygen atoms in total. The molecule has 0 bridgehead atoms. The minimum Gasteiger partial charge on any atom is -0.386 e. The number of esters is 2. The van der Waals surface area contributed by atoms with E-state index in [0.29, 0.717) is 16.7 Å². The van der Waals surface area contributed by atoms with Crippen LogP contribution in [0.3, 0.4) is 0 Å². The molecule has 2 aromatic carbocycles.